The van der Waals surface area contributed by atoms with Gasteiger partial charge in [0.2, 0.25) is 0 Å². The molecule has 0 unspecified atom stereocenters. The van der Waals surface area contributed by atoms with E-state index in [1.165, 1.54) is 16.5 Å². The van der Waals surface area contributed by atoms with Gasteiger partial charge < -0.3 is 4.57 Å². The maximum atomic E-state index is 4.19. The van der Waals surface area contributed by atoms with Crippen LogP contribution in [0.2, 0.25) is 0 Å². The molecular weight excluding hydrogens is 290 g/mol. The summed E-state index contributed by atoms with van der Waals surface area (Å²) in [6, 6.07) is 8.55. The molecule has 92 valence electrons. The van der Waals surface area contributed by atoms with E-state index in [2.05, 4.69) is 62.3 Å². The summed E-state index contributed by atoms with van der Waals surface area (Å²) in [6.07, 6.45) is 7.16. The fourth-order valence-corrected chi connectivity index (χ4v) is 2.60. The molecule has 2 aromatic heterocycles. The van der Waals surface area contributed by atoms with Gasteiger partial charge in [-0.3, -0.25) is 4.68 Å². The largest absolute Gasteiger partial charge is 0.347 e. The monoisotopic (exact) mass is 303 g/mol. The van der Waals surface area contributed by atoms with E-state index < -0.39 is 0 Å². The van der Waals surface area contributed by atoms with Crippen molar-refractivity contribution in [2.24, 2.45) is 7.05 Å². The molecule has 0 saturated heterocycles. The molecule has 1 aromatic carbocycles. The summed E-state index contributed by atoms with van der Waals surface area (Å²) in [5, 5.41) is 5.47. The smallest absolute Gasteiger partial charge is 0.0522 e. The Morgan fingerprint density at radius 2 is 2.17 bits per heavy atom. The predicted octanol–water partition coefficient (Wildman–Crippen LogP) is 3.38. The second kappa shape index (κ2) is 4.61. The Hall–Kier alpha value is -1.55. The van der Waals surface area contributed by atoms with Crippen LogP contribution in [0, 0.1) is 0 Å². The van der Waals surface area contributed by atoms with Crippen LogP contribution in [0.4, 0.5) is 0 Å². The van der Waals surface area contributed by atoms with E-state index in [-0.39, 0.29) is 0 Å². The average molecular weight is 304 g/mol. The average Bonchev–Trinajstić information content (AvgIpc) is 2.92. The zero-order chi connectivity index (χ0) is 12.5. The highest BCUT2D eigenvalue weighted by atomic mass is 79.9. The second-order valence-corrected chi connectivity index (χ2v) is 5.40. The molecule has 0 amide bonds. The highest BCUT2D eigenvalue weighted by Gasteiger charge is 2.02. The van der Waals surface area contributed by atoms with E-state index in [4.69, 9.17) is 0 Å². The van der Waals surface area contributed by atoms with Crippen LogP contribution in [0.1, 0.15) is 5.56 Å². The van der Waals surface area contributed by atoms with Crippen LogP contribution >= 0.6 is 15.9 Å². The molecule has 0 fully saturated rings. The van der Waals surface area contributed by atoms with Gasteiger partial charge in [-0.05, 0) is 36.2 Å². The van der Waals surface area contributed by atoms with E-state index in [9.17, 15) is 0 Å². The van der Waals surface area contributed by atoms with Crippen molar-refractivity contribution in [1.82, 2.24) is 14.3 Å². The maximum absolute atomic E-state index is 4.19. The van der Waals surface area contributed by atoms with Crippen LogP contribution in [0.5, 0.6) is 0 Å². The number of aryl methyl sites for hydroxylation is 3. The van der Waals surface area contributed by atoms with Crippen molar-refractivity contribution < 1.29 is 0 Å². The first-order valence-electron chi connectivity index (χ1n) is 5.94. The van der Waals surface area contributed by atoms with Crippen molar-refractivity contribution in [3.8, 4) is 0 Å². The van der Waals surface area contributed by atoms with Crippen LogP contribution in [0.3, 0.4) is 0 Å². The third kappa shape index (κ3) is 2.20. The van der Waals surface area contributed by atoms with E-state index >= 15 is 0 Å². The Balaban J connectivity index is 1.82. The quantitative estimate of drug-likeness (QED) is 0.727. The summed E-state index contributed by atoms with van der Waals surface area (Å²) >= 11 is 3.50. The maximum Gasteiger partial charge on any atom is 0.0522 e. The molecule has 0 bridgehead atoms. The Morgan fingerprint density at radius 3 is 2.94 bits per heavy atom. The zero-order valence-corrected chi connectivity index (χ0v) is 11.8. The Morgan fingerprint density at radius 1 is 1.28 bits per heavy atom. The minimum absolute atomic E-state index is 0.983. The lowest BCUT2D eigenvalue weighted by Gasteiger charge is -2.04. The van der Waals surface area contributed by atoms with Gasteiger partial charge in [-0.2, -0.15) is 5.10 Å². The molecule has 3 nitrogen and oxygen atoms in total. The van der Waals surface area contributed by atoms with Crippen LogP contribution in [-0.2, 0) is 20.0 Å². The Labute approximate surface area is 114 Å². The van der Waals surface area contributed by atoms with Gasteiger partial charge in [0.05, 0.1) is 6.20 Å². The number of fused-ring (bicyclic) bond motifs is 1. The highest BCUT2D eigenvalue weighted by Crippen LogP contribution is 2.21. The van der Waals surface area contributed by atoms with Crippen molar-refractivity contribution in [2.75, 3.05) is 0 Å². The standard InChI is InChI=1S/C14H14BrN3/c1-17-10-11(9-16-17)4-6-18-7-5-12-8-13(15)2-3-14(12)18/h2-3,5,7-10H,4,6H2,1H3. The van der Waals surface area contributed by atoms with Crippen molar-refractivity contribution in [1.29, 1.82) is 0 Å². The van der Waals surface area contributed by atoms with E-state index in [0.717, 1.165) is 17.4 Å². The molecule has 4 heteroatoms. The molecule has 18 heavy (non-hydrogen) atoms. The Bertz CT molecular complexity index is 681. The van der Waals surface area contributed by atoms with Gasteiger partial charge in [0.1, 0.15) is 0 Å². The first kappa shape index (κ1) is 11.5. The molecule has 0 aliphatic heterocycles. The van der Waals surface area contributed by atoms with Crippen LogP contribution < -0.4 is 0 Å². The fourth-order valence-electron chi connectivity index (χ4n) is 2.22. The van der Waals surface area contributed by atoms with E-state index in [1.807, 2.05) is 17.9 Å². The summed E-state index contributed by atoms with van der Waals surface area (Å²) in [7, 11) is 1.95. The summed E-state index contributed by atoms with van der Waals surface area (Å²) < 4.78 is 5.26. The first-order valence-corrected chi connectivity index (χ1v) is 6.73. The van der Waals surface area contributed by atoms with Gasteiger partial charge in [-0.25, -0.2) is 0 Å². The lowest BCUT2D eigenvalue weighted by molar-refractivity contribution is 0.720. The summed E-state index contributed by atoms with van der Waals surface area (Å²) in [5.41, 5.74) is 2.55. The number of benzene rings is 1. The summed E-state index contributed by atoms with van der Waals surface area (Å²) in [5.74, 6) is 0. The predicted molar refractivity (Wildman–Crippen MR) is 76.6 cm³/mol. The van der Waals surface area contributed by atoms with Crippen LogP contribution in [0.15, 0.2) is 47.3 Å². The van der Waals surface area contributed by atoms with E-state index in [1.54, 1.807) is 0 Å². The molecule has 0 aliphatic carbocycles. The molecule has 0 atom stereocenters. The lowest BCUT2D eigenvalue weighted by Crippen LogP contribution is -1.99. The summed E-state index contributed by atoms with van der Waals surface area (Å²) in [4.78, 5) is 0. The van der Waals surface area contributed by atoms with Crippen molar-refractivity contribution in [3.63, 3.8) is 0 Å². The molecular formula is C14H14BrN3. The number of halogens is 1. The molecule has 0 N–H and O–H groups in total. The van der Waals surface area contributed by atoms with E-state index in [0.29, 0.717) is 0 Å². The van der Waals surface area contributed by atoms with Gasteiger partial charge in [0.25, 0.3) is 0 Å². The zero-order valence-electron chi connectivity index (χ0n) is 10.2. The SMILES string of the molecule is Cn1cc(CCn2ccc3cc(Br)ccc32)cn1. The Kier molecular flexibility index (Phi) is 2.96. The fraction of sp³-hybridized carbons (Fsp3) is 0.214. The minimum Gasteiger partial charge on any atom is -0.347 e. The van der Waals surface area contributed by atoms with Gasteiger partial charge in [0, 0.05) is 41.4 Å². The van der Waals surface area contributed by atoms with Crippen LogP contribution in [0.25, 0.3) is 10.9 Å². The third-order valence-electron chi connectivity index (χ3n) is 3.13. The molecule has 3 aromatic rings. The van der Waals surface area contributed by atoms with Gasteiger partial charge in [0.15, 0.2) is 0 Å². The third-order valence-corrected chi connectivity index (χ3v) is 3.63. The van der Waals surface area contributed by atoms with Crippen molar-refractivity contribution in [3.05, 3.63) is 52.9 Å². The first-order chi connectivity index (χ1) is 8.72. The number of hydrogen-bond acceptors (Lipinski definition) is 1. The molecule has 0 aliphatic rings. The highest BCUT2D eigenvalue weighted by molar-refractivity contribution is 9.10. The number of hydrogen-bond donors (Lipinski definition) is 0. The minimum atomic E-state index is 0.983. The van der Waals surface area contributed by atoms with Crippen LogP contribution in [-0.4, -0.2) is 14.3 Å². The topological polar surface area (TPSA) is 22.8 Å². The van der Waals surface area contributed by atoms with Crippen molar-refractivity contribution >= 4 is 26.8 Å². The van der Waals surface area contributed by atoms with Gasteiger partial charge >= 0.3 is 0 Å². The molecule has 0 spiro atoms. The lowest BCUT2D eigenvalue weighted by atomic mass is 10.2. The molecule has 3 rings (SSSR count). The van der Waals surface area contributed by atoms with Gasteiger partial charge in [-0.15, -0.1) is 0 Å². The number of nitrogens with zero attached hydrogens (tertiary/aromatic N) is 3. The summed E-state index contributed by atoms with van der Waals surface area (Å²) in [6.45, 7) is 0.983. The molecule has 2 heterocycles. The van der Waals surface area contributed by atoms with Crippen molar-refractivity contribution in [2.45, 2.75) is 13.0 Å². The normalized spacial score (nSPS) is 11.2. The number of rotatable bonds is 3. The second-order valence-electron chi connectivity index (χ2n) is 4.48. The van der Waals surface area contributed by atoms with Gasteiger partial charge in [-0.1, -0.05) is 15.9 Å². The number of aromatic nitrogens is 3. The molecule has 0 saturated carbocycles. The molecule has 0 radical (unpaired) electrons.